The number of hydrogen-bond acceptors (Lipinski definition) is 2. The van der Waals surface area contributed by atoms with Gasteiger partial charge in [0.15, 0.2) is 0 Å². The summed E-state index contributed by atoms with van der Waals surface area (Å²) in [5.74, 6) is -0.388. The second-order valence-electron chi connectivity index (χ2n) is 5.86. The molecule has 24 heavy (non-hydrogen) atoms. The van der Waals surface area contributed by atoms with E-state index in [1.807, 2.05) is 11.0 Å². The molecule has 0 aliphatic carbocycles. The summed E-state index contributed by atoms with van der Waals surface area (Å²) in [7, 11) is 0. The van der Waals surface area contributed by atoms with E-state index in [-0.39, 0.29) is 17.6 Å². The Balaban J connectivity index is 1.60. The zero-order chi connectivity index (χ0) is 17.1. The standard InChI is InChI=1S/C18H17Cl2FN2O/c19-13-9-14(20)11-15(10-13)22-18(24)12-5-7-23(8-6-12)17-4-2-1-3-16(17)21/h1-4,9-12H,5-8H2,(H,22,24). The molecule has 1 heterocycles. The molecule has 0 aromatic heterocycles. The Kier molecular flexibility index (Phi) is 5.27. The molecular formula is C18H17Cl2FN2O. The van der Waals surface area contributed by atoms with Crippen LogP contribution < -0.4 is 10.2 Å². The maximum Gasteiger partial charge on any atom is 0.227 e. The zero-order valence-electron chi connectivity index (χ0n) is 12.9. The van der Waals surface area contributed by atoms with Gasteiger partial charge >= 0.3 is 0 Å². The average Bonchev–Trinajstić information content (AvgIpc) is 2.54. The summed E-state index contributed by atoms with van der Waals surface area (Å²) in [4.78, 5) is 14.4. The number of benzene rings is 2. The Morgan fingerprint density at radius 2 is 1.71 bits per heavy atom. The van der Waals surface area contributed by atoms with Gasteiger partial charge < -0.3 is 10.2 Å². The average molecular weight is 367 g/mol. The van der Waals surface area contributed by atoms with Gasteiger partial charge in [0.25, 0.3) is 0 Å². The number of carbonyl (C=O) groups excluding carboxylic acids is 1. The molecule has 3 nitrogen and oxygen atoms in total. The van der Waals surface area contributed by atoms with E-state index in [1.54, 1.807) is 30.3 Å². The molecule has 0 radical (unpaired) electrons. The van der Waals surface area contributed by atoms with Crippen LogP contribution in [0.1, 0.15) is 12.8 Å². The van der Waals surface area contributed by atoms with Crippen molar-refractivity contribution in [3.05, 3.63) is 58.3 Å². The molecular weight excluding hydrogens is 350 g/mol. The molecule has 2 aromatic carbocycles. The number of nitrogens with one attached hydrogen (secondary N) is 1. The third-order valence-electron chi connectivity index (χ3n) is 4.19. The highest BCUT2D eigenvalue weighted by atomic mass is 35.5. The van der Waals surface area contributed by atoms with Crippen LogP contribution >= 0.6 is 23.2 Å². The van der Waals surface area contributed by atoms with Gasteiger partial charge in [0.2, 0.25) is 5.91 Å². The summed E-state index contributed by atoms with van der Waals surface area (Å²) in [6, 6.07) is 11.7. The maximum absolute atomic E-state index is 13.8. The predicted molar refractivity (Wildman–Crippen MR) is 96.4 cm³/mol. The van der Waals surface area contributed by atoms with E-state index in [2.05, 4.69) is 5.32 Å². The number of anilines is 2. The molecule has 2 aromatic rings. The highest BCUT2D eigenvalue weighted by molar-refractivity contribution is 6.35. The molecule has 0 saturated carbocycles. The van der Waals surface area contributed by atoms with Crippen LogP contribution in [-0.2, 0) is 4.79 Å². The van der Waals surface area contributed by atoms with Crippen LogP contribution in [0.15, 0.2) is 42.5 Å². The van der Waals surface area contributed by atoms with Crippen LogP contribution in [0.3, 0.4) is 0 Å². The van der Waals surface area contributed by atoms with Crippen molar-refractivity contribution in [1.29, 1.82) is 0 Å². The molecule has 3 rings (SSSR count). The van der Waals surface area contributed by atoms with Crippen LogP contribution in [0.5, 0.6) is 0 Å². The van der Waals surface area contributed by atoms with Crippen molar-refractivity contribution in [2.75, 3.05) is 23.3 Å². The van der Waals surface area contributed by atoms with Crippen LogP contribution in [0.25, 0.3) is 0 Å². The third kappa shape index (κ3) is 4.00. The van der Waals surface area contributed by atoms with Gasteiger partial charge in [0.1, 0.15) is 5.82 Å². The second-order valence-corrected chi connectivity index (χ2v) is 6.73. The van der Waals surface area contributed by atoms with Crippen molar-refractivity contribution in [1.82, 2.24) is 0 Å². The van der Waals surface area contributed by atoms with E-state index in [4.69, 9.17) is 23.2 Å². The number of carbonyl (C=O) groups is 1. The highest BCUT2D eigenvalue weighted by Crippen LogP contribution is 2.27. The Labute approximate surface area is 150 Å². The number of rotatable bonds is 3. The Bertz CT molecular complexity index is 725. The first kappa shape index (κ1) is 17.1. The number of piperidine rings is 1. The number of amides is 1. The fourth-order valence-electron chi connectivity index (χ4n) is 2.96. The Morgan fingerprint density at radius 3 is 2.33 bits per heavy atom. The molecule has 1 aliphatic rings. The summed E-state index contributed by atoms with van der Waals surface area (Å²) in [5.41, 5.74) is 1.19. The molecule has 1 saturated heterocycles. The topological polar surface area (TPSA) is 32.3 Å². The van der Waals surface area contributed by atoms with Gasteiger partial charge in [0, 0.05) is 34.7 Å². The zero-order valence-corrected chi connectivity index (χ0v) is 14.4. The first-order valence-electron chi connectivity index (χ1n) is 7.79. The van der Waals surface area contributed by atoms with Gasteiger partial charge in [-0.25, -0.2) is 4.39 Å². The Morgan fingerprint density at radius 1 is 1.08 bits per heavy atom. The lowest BCUT2D eigenvalue weighted by Gasteiger charge is -2.33. The van der Waals surface area contributed by atoms with E-state index >= 15 is 0 Å². The normalized spacial score (nSPS) is 15.4. The quantitative estimate of drug-likeness (QED) is 0.829. The summed E-state index contributed by atoms with van der Waals surface area (Å²) in [6.07, 6.45) is 1.35. The van der Waals surface area contributed by atoms with Crippen molar-refractivity contribution >= 4 is 40.5 Å². The second kappa shape index (κ2) is 7.41. The van der Waals surface area contributed by atoms with Crippen molar-refractivity contribution in [3.63, 3.8) is 0 Å². The van der Waals surface area contributed by atoms with Crippen LogP contribution in [0.4, 0.5) is 15.8 Å². The van der Waals surface area contributed by atoms with E-state index in [0.717, 1.165) is 0 Å². The lowest BCUT2D eigenvalue weighted by molar-refractivity contribution is -0.120. The van der Waals surface area contributed by atoms with Gasteiger partial charge in [-0.1, -0.05) is 35.3 Å². The van der Waals surface area contributed by atoms with E-state index in [1.165, 1.54) is 6.07 Å². The monoisotopic (exact) mass is 366 g/mol. The lowest BCUT2D eigenvalue weighted by atomic mass is 9.95. The van der Waals surface area contributed by atoms with Gasteiger partial charge in [-0.2, -0.15) is 0 Å². The molecule has 1 amide bonds. The van der Waals surface area contributed by atoms with Crippen molar-refractivity contribution < 1.29 is 9.18 Å². The van der Waals surface area contributed by atoms with Crippen LogP contribution in [-0.4, -0.2) is 19.0 Å². The van der Waals surface area contributed by atoms with Crippen LogP contribution in [0, 0.1) is 11.7 Å². The fraction of sp³-hybridized carbons (Fsp3) is 0.278. The molecule has 6 heteroatoms. The maximum atomic E-state index is 13.8. The molecule has 1 N–H and O–H groups in total. The molecule has 0 unspecified atom stereocenters. The largest absolute Gasteiger partial charge is 0.369 e. The number of hydrogen-bond donors (Lipinski definition) is 1. The number of nitrogens with zero attached hydrogens (tertiary/aromatic N) is 1. The molecule has 1 fully saturated rings. The first-order chi connectivity index (χ1) is 11.5. The van der Waals surface area contributed by atoms with Gasteiger partial charge in [-0.05, 0) is 43.2 Å². The minimum atomic E-state index is -0.228. The number of para-hydroxylation sites is 1. The smallest absolute Gasteiger partial charge is 0.227 e. The fourth-order valence-corrected chi connectivity index (χ4v) is 3.49. The summed E-state index contributed by atoms with van der Waals surface area (Å²) < 4.78 is 13.8. The number of halogens is 3. The molecule has 126 valence electrons. The van der Waals surface area contributed by atoms with Crippen molar-refractivity contribution in [2.45, 2.75) is 12.8 Å². The van der Waals surface area contributed by atoms with Gasteiger partial charge in [-0.15, -0.1) is 0 Å². The summed E-state index contributed by atoms with van der Waals surface area (Å²) >= 11 is 11.9. The van der Waals surface area contributed by atoms with E-state index < -0.39 is 0 Å². The highest BCUT2D eigenvalue weighted by Gasteiger charge is 2.26. The third-order valence-corrected chi connectivity index (χ3v) is 4.63. The lowest BCUT2D eigenvalue weighted by Crippen LogP contribution is -2.38. The first-order valence-corrected chi connectivity index (χ1v) is 8.55. The van der Waals surface area contributed by atoms with E-state index in [9.17, 15) is 9.18 Å². The minimum absolute atomic E-state index is 0.0542. The summed E-state index contributed by atoms with van der Waals surface area (Å²) in [6.45, 7) is 1.30. The van der Waals surface area contributed by atoms with Gasteiger partial charge in [0.05, 0.1) is 5.69 Å². The van der Waals surface area contributed by atoms with Crippen molar-refractivity contribution in [3.8, 4) is 0 Å². The Hall–Kier alpha value is -1.78. The minimum Gasteiger partial charge on any atom is -0.369 e. The van der Waals surface area contributed by atoms with Gasteiger partial charge in [-0.3, -0.25) is 4.79 Å². The van der Waals surface area contributed by atoms with Crippen LogP contribution in [0.2, 0.25) is 10.0 Å². The molecule has 0 bridgehead atoms. The molecule has 1 aliphatic heterocycles. The predicted octanol–water partition coefficient (Wildman–Crippen LogP) is 4.99. The molecule has 0 atom stereocenters. The SMILES string of the molecule is O=C(Nc1cc(Cl)cc(Cl)c1)C1CCN(c2ccccc2F)CC1. The summed E-state index contributed by atoms with van der Waals surface area (Å²) in [5, 5.41) is 3.82. The van der Waals surface area contributed by atoms with Crippen molar-refractivity contribution in [2.24, 2.45) is 5.92 Å². The molecule has 0 spiro atoms. The van der Waals surface area contributed by atoms with E-state index in [0.29, 0.717) is 47.4 Å².